The lowest BCUT2D eigenvalue weighted by Crippen LogP contribution is -2.55. The first-order valence-corrected chi connectivity index (χ1v) is 7.47. The number of piperazine rings is 1. The van der Waals surface area contributed by atoms with Crippen LogP contribution in [0.25, 0.3) is 0 Å². The predicted octanol–water partition coefficient (Wildman–Crippen LogP) is 1.28. The Hall–Kier alpha value is -0.120. The molecule has 3 rings (SSSR count). The van der Waals surface area contributed by atoms with Crippen molar-refractivity contribution in [1.29, 1.82) is 0 Å². The summed E-state index contributed by atoms with van der Waals surface area (Å²) in [7, 11) is 0. The number of hydrogen-bond acceptors (Lipinski definition) is 3. The fourth-order valence-electron chi connectivity index (χ4n) is 3.63. The van der Waals surface area contributed by atoms with Crippen LogP contribution in [0.1, 0.15) is 39.0 Å². The minimum Gasteiger partial charge on any atom is -0.327 e. The third kappa shape index (κ3) is 2.67. The lowest BCUT2D eigenvalue weighted by Gasteiger charge is -2.42. The molecule has 3 unspecified atom stereocenters. The van der Waals surface area contributed by atoms with E-state index in [0.29, 0.717) is 6.04 Å². The lowest BCUT2D eigenvalue weighted by atomic mass is 10.1. The van der Waals surface area contributed by atoms with Gasteiger partial charge in [-0.15, -0.1) is 0 Å². The first-order chi connectivity index (χ1) is 8.24. The van der Waals surface area contributed by atoms with E-state index in [-0.39, 0.29) is 0 Å². The second-order valence-corrected chi connectivity index (χ2v) is 6.42. The Balaban J connectivity index is 1.48. The monoisotopic (exact) mass is 237 g/mol. The zero-order chi connectivity index (χ0) is 11.8. The van der Waals surface area contributed by atoms with Gasteiger partial charge in [0.15, 0.2) is 0 Å². The smallest absolute Gasteiger partial charge is 0.0224 e. The van der Waals surface area contributed by atoms with Gasteiger partial charge in [-0.05, 0) is 51.5 Å². The van der Waals surface area contributed by atoms with Gasteiger partial charge >= 0.3 is 0 Å². The average molecular weight is 237 g/mol. The highest BCUT2D eigenvalue weighted by molar-refractivity contribution is 4.91. The van der Waals surface area contributed by atoms with Gasteiger partial charge in [-0.1, -0.05) is 0 Å². The van der Waals surface area contributed by atoms with Crippen molar-refractivity contribution in [2.75, 3.05) is 26.2 Å². The first-order valence-electron chi connectivity index (χ1n) is 7.47. The molecule has 2 N–H and O–H groups in total. The molecule has 3 aliphatic rings. The average Bonchev–Trinajstić information content (AvgIpc) is 3.07. The van der Waals surface area contributed by atoms with Crippen LogP contribution in [0.4, 0.5) is 0 Å². The Bertz CT molecular complexity index is 264. The largest absolute Gasteiger partial charge is 0.327 e. The Morgan fingerprint density at radius 2 is 2.06 bits per heavy atom. The normalized spacial score (nSPS) is 37.1. The van der Waals surface area contributed by atoms with Gasteiger partial charge < -0.3 is 5.73 Å². The molecule has 1 saturated carbocycles. The molecule has 0 radical (unpaired) electrons. The summed E-state index contributed by atoms with van der Waals surface area (Å²) >= 11 is 0. The van der Waals surface area contributed by atoms with E-state index < -0.39 is 0 Å². The third-order valence-electron chi connectivity index (χ3n) is 5.04. The molecule has 1 aliphatic carbocycles. The first kappa shape index (κ1) is 11.9. The number of rotatable bonds is 4. The third-order valence-corrected chi connectivity index (χ3v) is 5.04. The molecule has 0 aromatic heterocycles. The molecule has 3 nitrogen and oxygen atoms in total. The van der Waals surface area contributed by atoms with Crippen LogP contribution >= 0.6 is 0 Å². The van der Waals surface area contributed by atoms with Gasteiger partial charge in [-0.3, -0.25) is 9.80 Å². The minimum atomic E-state index is 0.476. The van der Waals surface area contributed by atoms with Crippen molar-refractivity contribution < 1.29 is 0 Å². The summed E-state index contributed by atoms with van der Waals surface area (Å²) in [5.74, 6) is 0.859. The summed E-state index contributed by atoms with van der Waals surface area (Å²) in [5.41, 5.74) is 6.21. The summed E-state index contributed by atoms with van der Waals surface area (Å²) in [6.45, 7) is 7.52. The minimum absolute atomic E-state index is 0.476. The molecule has 3 atom stereocenters. The van der Waals surface area contributed by atoms with Crippen LogP contribution < -0.4 is 5.73 Å². The highest BCUT2D eigenvalue weighted by atomic mass is 15.3. The van der Waals surface area contributed by atoms with Gasteiger partial charge in [-0.2, -0.15) is 0 Å². The van der Waals surface area contributed by atoms with Crippen molar-refractivity contribution in [3.05, 3.63) is 0 Å². The van der Waals surface area contributed by atoms with Crippen molar-refractivity contribution in [3.63, 3.8) is 0 Å². The lowest BCUT2D eigenvalue weighted by molar-refractivity contribution is 0.0571. The topological polar surface area (TPSA) is 32.5 Å². The van der Waals surface area contributed by atoms with Crippen molar-refractivity contribution in [2.45, 2.75) is 57.2 Å². The van der Waals surface area contributed by atoms with Crippen LogP contribution in [-0.2, 0) is 0 Å². The number of fused-ring (bicyclic) bond motifs is 1. The van der Waals surface area contributed by atoms with Crippen LogP contribution in [-0.4, -0.2) is 54.1 Å². The van der Waals surface area contributed by atoms with Crippen molar-refractivity contribution in [1.82, 2.24) is 9.80 Å². The SMILES string of the molecule is CC1CN2CCCC2CN1CCC(N)C1CC1. The summed E-state index contributed by atoms with van der Waals surface area (Å²) in [5, 5.41) is 0. The molecule has 0 spiro atoms. The molecular formula is C14H27N3. The van der Waals surface area contributed by atoms with E-state index in [1.807, 2.05) is 0 Å². The van der Waals surface area contributed by atoms with Crippen molar-refractivity contribution in [3.8, 4) is 0 Å². The summed E-state index contributed by atoms with van der Waals surface area (Å²) in [6, 6.07) is 2.06. The van der Waals surface area contributed by atoms with Crippen LogP contribution in [0, 0.1) is 5.92 Å². The van der Waals surface area contributed by atoms with Gasteiger partial charge in [0.1, 0.15) is 0 Å². The maximum atomic E-state index is 6.21. The van der Waals surface area contributed by atoms with E-state index in [1.165, 1.54) is 58.3 Å². The van der Waals surface area contributed by atoms with E-state index in [9.17, 15) is 0 Å². The maximum Gasteiger partial charge on any atom is 0.0224 e. The molecule has 2 saturated heterocycles. The van der Waals surface area contributed by atoms with Crippen LogP contribution in [0.15, 0.2) is 0 Å². The number of nitrogens with zero attached hydrogens (tertiary/aromatic N) is 2. The summed E-state index contributed by atoms with van der Waals surface area (Å²) in [4.78, 5) is 5.39. The molecule has 3 heteroatoms. The molecule has 0 bridgehead atoms. The van der Waals surface area contributed by atoms with Gasteiger partial charge in [0, 0.05) is 37.8 Å². The van der Waals surface area contributed by atoms with Gasteiger partial charge in [0.25, 0.3) is 0 Å². The Morgan fingerprint density at radius 3 is 2.82 bits per heavy atom. The molecule has 98 valence electrons. The van der Waals surface area contributed by atoms with Crippen molar-refractivity contribution in [2.24, 2.45) is 11.7 Å². The van der Waals surface area contributed by atoms with E-state index in [1.54, 1.807) is 0 Å². The fourth-order valence-corrected chi connectivity index (χ4v) is 3.63. The number of hydrogen-bond donors (Lipinski definition) is 1. The second kappa shape index (κ2) is 4.87. The van der Waals surface area contributed by atoms with E-state index in [0.717, 1.165) is 18.0 Å². The summed E-state index contributed by atoms with van der Waals surface area (Å²) < 4.78 is 0. The summed E-state index contributed by atoms with van der Waals surface area (Å²) in [6.07, 6.45) is 6.80. The quantitative estimate of drug-likeness (QED) is 0.799. The predicted molar refractivity (Wildman–Crippen MR) is 70.9 cm³/mol. The maximum absolute atomic E-state index is 6.21. The molecule has 0 aromatic carbocycles. The Labute approximate surface area is 105 Å². The Kier molecular flexibility index (Phi) is 3.42. The Morgan fingerprint density at radius 1 is 1.24 bits per heavy atom. The molecule has 2 aliphatic heterocycles. The van der Waals surface area contributed by atoms with Crippen LogP contribution in [0.5, 0.6) is 0 Å². The molecule has 0 amide bonds. The van der Waals surface area contributed by atoms with Gasteiger partial charge in [0.05, 0.1) is 0 Å². The van der Waals surface area contributed by atoms with Crippen molar-refractivity contribution >= 4 is 0 Å². The molecule has 17 heavy (non-hydrogen) atoms. The molecule has 3 fully saturated rings. The van der Waals surface area contributed by atoms with Crippen LogP contribution in [0.2, 0.25) is 0 Å². The van der Waals surface area contributed by atoms with E-state index in [4.69, 9.17) is 5.73 Å². The zero-order valence-electron chi connectivity index (χ0n) is 11.1. The zero-order valence-corrected chi connectivity index (χ0v) is 11.1. The molecule has 0 aromatic rings. The van der Waals surface area contributed by atoms with E-state index >= 15 is 0 Å². The van der Waals surface area contributed by atoms with Gasteiger partial charge in [0.2, 0.25) is 0 Å². The van der Waals surface area contributed by atoms with Gasteiger partial charge in [-0.25, -0.2) is 0 Å². The second-order valence-electron chi connectivity index (χ2n) is 6.42. The van der Waals surface area contributed by atoms with Crippen LogP contribution in [0.3, 0.4) is 0 Å². The molecule has 2 heterocycles. The fraction of sp³-hybridized carbons (Fsp3) is 1.00. The standard InChI is InChI=1S/C14H27N3/c1-11-9-17-7-2-3-13(17)10-16(11)8-6-14(15)12-4-5-12/h11-14H,2-10,15H2,1H3. The highest BCUT2D eigenvalue weighted by Crippen LogP contribution is 2.33. The highest BCUT2D eigenvalue weighted by Gasteiger charge is 2.35. The molecular weight excluding hydrogens is 210 g/mol. The van der Waals surface area contributed by atoms with E-state index in [2.05, 4.69) is 16.7 Å². The number of nitrogens with two attached hydrogens (primary N) is 1.